The number of benzene rings is 2. The van der Waals surface area contributed by atoms with Crippen molar-refractivity contribution in [3.8, 4) is 5.75 Å². The number of hydrogen-bond donors (Lipinski definition) is 4. The Kier molecular flexibility index (Phi) is 6.77. The van der Waals surface area contributed by atoms with Gasteiger partial charge in [0.05, 0.1) is 36.2 Å². The number of methoxy groups -OCH3 is 1. The number of carbonyl (C=O) groups is 1. The molecule has 0 saturated carbocycles. The van der Waals surface area contributed by atoms with E-state index >= 15 is 0 Å². The number of piperazine rings is 1. The van der Waals surface area contributed by atoms with Crippen LogP contribution in [0.2, 0.25) is 0 Å². The Hall–Kier alpha value is -4.02. The first-order chi connectivity index (χ1) is 17.9. The van der Waals surface area contributed by atoms with Gasteiger partial charge < -0.3 is 34.9 Å². The number of para-hydroxylation sites is 1. The molecule has 3 heterocycles. The first-order valence-corrected chi connectivity index (χ1v) is 12.4. The standard InChI is InChI=1S/C27H33N7O3/c1-4-37-23-17-18(34-15-13-33(2)14-16-34)9-10-20(23)27(28)31-22-11-12-29-24(22)25(32-27)30-21-8-6-5-7-19(21)26(35)36-3/h5-12,17,29,31H,4,13-16,28H2,1-3H3,(H,30,32). The molecule has 2 aliphatic rings. The summed E-state index contributed by atoms with van der Waals surface area (Å²) in [5.74, 6) is -0.598. The smallest absolute Gasteiger partial charge is 0.339 e. The van der Waals surface area contributed by atoms with Gasteiger partial charge in [-0.1, -0.05) is 12.1 Å². The van der Waals surface area contributed by atoms with Crippen LogP contribution in [0, 0.1) is 0 Å². The Morgan fingerprint density at radius 3 is 2.70 bits per heavy atom. The lowest BCUT2D eigenvalue weighted by Crippen LogP contribution is -2.47. The molecule has 194 valence electrons. The number of likely N-dealkylation sites (N-methyl/N-ethyl adjacent to an activating group) is 1. The number of esters is 1. The average Bonchev–Trinajstić information content (AvgIpc) is 3.37. The number of hydrogen-bond acceptors (Lipinski definition) is 9. The molecule has 0 spiro atoms. The maximum absolute atomic E-state index is 12.3. The van der Waals surface area contributed by atoms with Crippen LogP contribution in [0.4, 0.5) is 17.1 Å². The van der Waals surface area contributed by atoms with Crippen molar-refractivity contribution in [2.75, 3.05) is 62.5 Å². The Balaban J connectivity index is 1.53. The number of H-pyrrole nitrogens is 1. The van der Waals surface area contributed by atoms with Crippen molar-refractivity contribution < 1.29 is 14.3 Å². The second kappa shape index (κ2) is 10.2. The SMILES string of the molecule is CCOc1cc(N2CCN(C)CC2)ccc1C1(N)N=C(Nc2ccccc2C(=O)OC)c2[nH]ccc2N1. The van der Waals surface area contributed by atoms with Crippen molar-refractivity contribution in [3.63, 3.8) is 0 Å². The summed E-state index contributed by atoms with van der Waals surface area (Å²) in [6.07, 6.45) is 1.81. The number of aromatic amines is 1. The summed E-state index contributed by atoms with van der Waals surface area (Å²) in [5.41, 5.74) is 11.2. The van der Waals surface area contributed by atoms with Gasteiger partial charge >= 0.3 is 5.97 Å². The van der Waals surface area contributed by atoms with Crippen LogP contribution in [0.3, 0.4) is 0 Å². The van der Waals surface area contributed by atoms with E-state index in [1.807, 2.05) is 37.4 Å². The largest absolute Gasteiger partial charge is 0.493 e. The molecule has 1 atom stereocenters. The fourth-order valence-corrected chi connectivity index (χ4v) is 4.72. The Labute approximate surface area is 216 Å². The van der Waals surface area contributed by atoms with Gasteiger partial charge in [-0.25, -0.2) is 9.79 Å². The molecule has 0 amide bonds. The summed E-state index contributed by atoms with van der Waals surface area (Å²) in [7, 11) is 3.50. The molecule has 0 radical (unpaired) electrons. The maximum Gasteiger partial charge on any atom is 0.339 e. The van der Waals surface area contributed by atoms with Gasteiger partial charge in [-0.2, -0.15) is 0 Å². The Morgan fingerprint density at radius 1 is 1.16 bits per heavy atom. The third-order valence-electron chi connectivity index (χ3n) is 6.73. The second-order valence-electron chi connectivity index (χ2n) is 9.18. The van der Waals surface area contributed by atoms with Crippen molar-refractivity contribution in [1.29, 1.82) is 0 Å². The average molecular weight is 504 g/mol. The molecule has 10 nitrogen and oxygen atoms in total. The van der Waals surface area contributed by atoms with Gasteiger partial charge in [0.25, 0.3) is 0 Å². The third kappa shape index (κ3) is 4.85. The Bertz CT molecular complexity index is 1310. The summed E-state index contributed by atoms with van der Waals surface area (Å²) in [4.78, 5) is 25.1. The number of amidine groups is 1. The zero-order valence-electron chi connectivity index (χ0n) is 21.4. The zero-order valence-corrected chi connectivity index (χ0v) is 21.4. The topological polar surface area (TPSA) is 120 Å². The molecule has 10 heteroatoms. The number of nitrogens with one attached hydrogen (secondary N) is 3. The number of nitrogens with zero attached hydrogens (tertiary/aromatic N) is 3. The lowest BCUT2D eigenvalue weighted by molar-refractivity contribution is 0.0602. The van der Waals surface area contributed by atoms with Crippen molar-refractivity contribution in [2.24, 2.45) is 10.7 Å². The van der Waals surface area contributed by atoms with Crippen LogP contribution in [0.25, 0.3) is 0 Å². The quantitative estimate of drug-likeness (QED) is 0.379. The van der Waals surface area contributed by atoms with E-state index in [1.54, 1.807) is 18.2 Å². The predicted molar refractivity (Wildman–Crippen MR) is 146 cm³/mol. The van der Waals surface area contributed by atoms with Crippen molar-refractivity contribution in [1.82, 2.24) is 9.88 Å². The fourth-order valence-electron chi connectivity index (χ4n) is 4.72. The number of nitrogens with two attached hydrogens (primary N) is 1. The number of fused-ring (bicyclic) bond motifs is 1. The van der Waals surface area contributed by atoms with Crippen LogP contribution in [0.1, 0.15) is 28.5 Å². The molecule has 1 saturated heterocycles. The molecule has 2 aliphatic heterocycles. The van der Waals surface area contributed by atoms with Gasteiger partial charge in [0.2, 0.25) is 5.79 Å². The van der Waals surface area contributed by atoms with Gasteiger partial charge in [0.1, 0.15) is 11.4 Å². The van der Waals surface area contributed by atoms with Gasteiger partial charge in [0, 0.05) is 44.1 Å². The van der Waals surface area contributed by atoms with E-state index in [0.717, 1.165) is 43.2 Å². The molecule has 37 heavy (non-hydrogen) atoms. The van der Waals surface area contributed by atoms with Crippen molar-refractivity contribution in [2.45, 2.75) is 12.7 Å². The summed E-state index contributed by atoms with van der Waals surface area (Å²) < 4.78 is 11.0. The minimum absolute atomic E-state index is 0.397. The van der Waals surface area contributed by atoms with Crippen LogP contribution in [0.5, 0.6) is 5.75 Å². The minimum Gasteiger partial charge on any atom is -0.493 e. The summed E-state index contributed by atoms with van der Waals surface area (Å²) in [6.45, 7) is 6.37. The minimum atomic E-state index is -1.32. The normalized spacial score (nSPS) is 19.5. The van der Waals surface area contributed by atoms with Gasteiger partial charge in [0.15, 0.2) is 5.84 Å². The molecule has 1 aromatic heterocycles. The molecule has 3 aromatic rings. The van der Waals surface area contributed by atoms with E-state index in [1.165, 1.54) is 7.11 Å². The van der Waals surface area contributed by atoms with E-state index in [4.69, 9.17) is 20.2 Å². The van der Waals surface area contributed by atoms with Gasteiger partial charge in [-0.05, 0) is 44.3 Å². The lowest BCUT2D eigenvalue weighted by atomic mass is 10.0. The lowest BCUT2D eigenvalue weighted by Gasteiger charge is -2.36. The number of aliphatic imine (C=N–C) groups is 1. The first-order valence-electron chi connectivity index (χ1n) is 12.4. The van der Waals surface area contributed by atoms with E-state index in [2.05, 4.69) is 38.5 Å². The number of carbonyl (C=O) groups excluding carboxylic acids is 1. The van der Waals surface area contributed by atoms with Crippen LogP contribution in [0.15, 0.2) is 59.7 Å². The fraction of sp³-hybridized carbons (Fsp3) is 0.333. The van der Waals surface area contributed by atoms with E-state index in [-0.39, 0.29) is 0 Å². The molecular weight excluding hydrogens is 470 g/mol. The summed E-state index contributed by atoms with van der Waals surface area (Å²) in [5, 5.41) is 6.66. The van der Waals surface area contributed by atoms with Crippen LogP contribution in [-0.4, -0.2) is 68.6 Å². The zero-order chi connectivity index (χ0) is 26.0. The van der Waals surface area contributed by atoms with Crippen LogP contribution in [-0.2, 0) is 10.5 Å². The third-order valence-corrected chi connectivity index (χ3v) is 6.73. The predicted octanol–water partition coefficient (Wildman–Crippen LogP) is 3.01. The number of ether oxygens (including phenoxy) is 2. The van der Waals surface area contributed by atoms with Gasteiger partial charge in [-0.15, -0.1) is 0 Å². The highest BCUT2D eigenvalue weighted by molar-refractivity contribution is 6.13. The monoisotopic (exact) mass is 503 g/mol. The number of rotatable bonds is 6. The van der Waals surface area contributed by atoms with Gasteiger partial charge in [-0.3, -0.25) is 5.73 Å². The van der Waals surface area contributed by atoms with Crippen molar-refractivity contribution >= 4 is 28.9 Å². The van der Waals surface area contributed by atoms with E-state index in [9.17, 15) is 4.79 Å². The highest BCUT2D eigenvalue weighted by Gasteiger charge is 2.37. The summed E-state index contributed by atoms with van der Waals surface area (Å²) >= 11 is 0. The number of aromatic nitrogens is 1. The second-order valence-corrected chi connectivity index (χ2v) is 9.18. The molecule has 0 aliphatic carbocycles. The maximum atomic E-state index is 12.3. The Morgan fingerprint density at radius 2 is 1.95 bits per heavy atom. The molecule has 2 aromatic carbocycles. The summed E-state index contributed by atoms with van der Waals surface area (Å²) in [6, 6.07) is 15.1. The highest BCUT2D eigenvalue weighted by Crippen LogP contribution is 2.38. The van der Waals surface area contributed by atoms with E-state index in [0.29, 0.717) is 35.0 Å². The molecule has 5 rings (SSSR count). The molecule has 1 fully saturated rings. The van der Waals surface area contributed by atoms with Crippen molar-refractivity contribution in [3.05, 3.63) is 71.5 Å². The molecule has 5 N–H and O–H groups in total. The first kappa shape index (κ1) is 24.7. The molecular formula is C27H33N7O3. The van der Waals surface area contributed by atoms with E-state index < -0.39 is 11.8 Å². The van der Waals surface area contributed by atoms with Crippen LogP contribution < -0.4 is 26.0 Å². The molecule has 1 unspecified atom stereocenters. The molecule has 0 bridgehead atoms. The highest BCUT2D eigenvalue weighted by atomic mass is 16.5. The van der Waals surface area contributed by atoms with Crippen LogP contribution >= 0.6 is 0 Å². The number of anilines is 3.